The maximum Gasteiger partial charge on any atom is 0.230 e. The van der Waals surface area contributed by atoms with Crippen molar-refractivity contribution < 1.29 is 4.79 Å². The Labute approximate surface area is 87.1 Å². The zero-order valence-electron chi connectivity index (χ0n) is 10.2. The smallest absolute Gasteiger partial charge is 0.230 e. The van der Waals surface area contributed by atoms with E-state index in [4.69, 9.17) is 0 Å². The molecule has 0 N–H and O–H groups in total. The highest BCUT2D eigenvalue weighted by Gasteiger charge is 2.48. The Morgan fingerprint density at radius 2 is 1.71 bits per heavy atom. The number of amides is 1. The summed E-state index contributed by atoms with van der Waals surface area (Å²) in [4.78, 5) is 15.9. The van der Waals surface area contributed by atoms with Crippen LogP contribution in [0.25, 0.3) is 0 Å². The second-order valence-electron chi connectivity index (χ2n) is 5.79. The van der Waals surface area contributed by atoms with Crippen molar-refractivity contribution in [2.24, 2.45) is 5.41 Å². The fraction of sp³-hybridized carbons (Fsp3) is 0.909. The van der Waals surface area contributed by atoms with Gasteiger partial charge in [-0.15, -0.1) is 0 Å². The molecule has 1 rings (SSSR count). The van der Waals surface area contributed by atoms with Crippen LogP contribution >= 0.6 is 0 Å². The van der Waals surface area contributed by atoms with E-state index in [2.05, 4.69) is 32.6 Å². The number of hydrogen-bond acceptors (Lipinski definition) is 2. The molecule has 0 aliphatic carbocycles. The average molecular weight is 198 g/mol. The summed E-state index contributed by atoms with van der Waals surface area (Å²) in [5.41, 5.74) is 0.0306. The van der Waals surface area contributed by atoms with Crippen LogP contribution in [-0.4, -0.2) is 48.4 Å². The van der Waals surface area contributed by atoms with Gasteiger partial charge < -0.3 is 4.90 Å². The quantitative estimate of drug-likeness (QED) is 0.632. The third-order valence-electron chi connectivity index (χ3n) is 2.95. The van der Waals surface area contributed by atoms with Crippen molar-refractivity contribution in [1.29, 1.82) is 0 Å². The molecule has 0 saturated carbocycles. The Morgan fingerprint density at radius 1 is 1.29 bits per heavy atom. The molecule has 0 aromatic heterocycles. The Kier molecular flexibility index (Phi) is 2.65. The number of nitrogens with zero attached hydrogens (tertiary/aromatic N) is 2. The average Bonchev–Trinajstić information content (AvgIpc) is 1.95. The Balaban J connectivity index is 2.58. The van der Waals surface area contributed by atoms with Gasteiger partial charge in [-0.2, -0.15) is 0 Å². The van der Waals surface area contributed by atoms with Gasteiger partial charge in [-0.05, 0) is 27.7 Å². The van der Waals surface area contributed by atoms with Gasteiger partial charge in [0, 0.05) is 32.7 Å². The predicted molar refractivity (Wildman–Crippen MR) is 58.1 cm³/mol. The minimum Gasteiger partial charge on any atom is -0.348 e. The van der Waals surface area contributed by atoms with Gasteiger partial charge >= 0.3 is 0 Å². The maximum absolute atomic E-state index is 11.8. The summed E-state index contributed by atoms with van der Waals surface area (Å²) in [5.74, 6) is 0.248. The topological polar surface area (TPSA) is 23.6 Å². The Hall–Kier alpha value is -0.570. The lowest BCUT2D eigenvalue weighted by atomic mass is 9.77. The van der Waals surface area contributed by atoms with Gasteiger partial charge in [0.05, 0.1) is 5.41 Å². The van der Waals surface area contributed by atoms with Gasteiger partial charge in [-0.3, -0.25) is 9.69 Å². The second-order valence-corrected chi connectivity index (χ2v) is 5.79. The van der Waals surface area contributed by atoms with Crippen LogP contribution < -0.4 is 0 Å². The zero-order valence-corrected chi connectivity index (χ0v) is 10.2. The van der Waals surface area contributed by atoms with Crippen molar-refractivity contribution in [2.75, 3.05) is 27.2 Å². The third kappa shape index (κ3) is 1.92. The summed E-state index contributed by atoms with van der Waals surface area (Å²) in [5, 5.41) is 0. The second kappa shape index (κ2) is 3.23. The molecule has 14 heavy (non-hydrogen) atoms. The van der Waals surface area contributed by atoms with Crippen LogP contribution in [-0.2, 0) is 4.79 Å². The molecule has 1 fully saturated rings. The van der Waals surface area contributed by atoms with E-state index in [1.54, 1.807) is 4.90 Å². The summed E-state index contributed by atoms with van der Waals surface area (Å²) in [6, 6.07) is 0. The largest absolute Gasteiger partial charge is 0.348 e. The molecule has 0 spiro atoms. The van der Waals surface area contributed by atoms with Crippen LogP contribution in [0, 0.1) is 5.41 Å². The lowest BCUT2D eigenvalue weighted by molar-refractivity contribution is -0.153. The van der Waals surface area contributed by atoms with Crippen LogP contribution in [0.2, 0.25) is 0 Å². The molecule has 0 radical (unpaired) electrons. The van der Waals surface area contributed by atoms with Gasteiger partial charge in [0.25, 0.3) is 0 Å². The monoisotopic (exact) mass is 198 g/mol. The van der Waals surface area contributed by atoms with Crippen molar-refractivity contribution >= 4 is 5.91 Å². The van der Waals surface area contributed by atoms with E-state index < -0.39 is 0 Å². The zero-order chi connectivity index (χ0) is 11.1. The van der Waals surface area contributed by atoms with Gasteiger partial charge in [-0.1, -0.05) is 0 Å². The van der Waals surface area contributed by atoms with Crippen molar-refractivity contribution in [3.8, 4) is 0 Å². The van der Waals surface area contributed by atoms with Crippen molar-refractivity contribution in [2.45, 2.75) is 33.2 Å². The highest BCUT2D eigenvalue weighted by atomic mass is 16.2. The molecule has 1 aliphatic rings. The summed E-state index contributed by atoms with van der Waals surface area (Å²) >= 11 is 0. The first-order chi connectivity index (χ1) is 6.17. The Bertz CT molecular complexity index is 234. The maximum atomic E-state index is 11.8. The van der Waals surface area contributed by atoms with E-state index in [-0.39, 0.29) is 16.9 Å². The third-order valence-corrected chi connectivity index (χ3v) is 2.95. The predicted octanol–water partition coefficient (Wildman–Crippen LogP) is 1.19. The van der Waals surface area contributed by atoms with Gasteiger partial charge in [0.1, 0.15) is 0 Å². The van der Waals surface area contributed by atoms with Crippen LogP contribution in [0.3, 0.4) is 0 Å². The number of carbonyl (C=O) groups excluding carboxylic acids is 1. The molecule has 3 nitrogen and oxygen atoms in total. The number of rotatable bonds is 1. The van der Waals surface area contributed by atoms with E-state index in [1.807, 2.05) is 14.1 Å². The van der Waals surface area contributed by atoms with Crippen LogP contribution in [0.1, 0.15) is 27.7 Å². The molecule has 1 saturated heterocycles. The molecule has 3 heteroatoms. The number of likely N-dealkylation sites (tertiary alicyclic amines) is 1. The van der Waals surface area contributed by atoms with Crippen LogP contribution in [0.4, 0.5) is 0 Å². The molecule has 1 heterocycles. The van der Waals surface area contributed by atoms with Gasteiger partial charge in [0.2, 0.25) is 5.91 Å². The first-order valence-corrected chi connectivity index (χ1v) is 5.14. The first kappa shape index (κ1) is 11.5. The normalized spacial score (nSPS) is 21.6. The fourth-order valence-corrected chi connectivity index (χ4v) is 1.95. The lowest BCUT2D eigenvalue weighted by Gasteiger charge is -2.53. The van der Waals surface area contributed by atoms with Crippen LogP contribution in [0.5, 0.6) is 0 Å². The molecular weight excluding hydrogens is 176 g/mol. The summed E-state index contributed by atoms with van der Waals surface area (Å²) in [6.45, 7) is 10.4. The number of carbonyl (C=O) groups is 1. The minimum atomic E-state index is -0.156. The minimum absolute atomic E-state index is 0.156. The molecule has 82 valence electrons. The van der Waals surface area contributed by atoms with Crippen LogP contribution in [0.15, 0.2) is 0 Å². The molecule has 0 unspecified atom stereocenters. The van der Waals surface area contributed by atoms with E-state index >= 15 is 0 Å². The summed E-state index contributed by atoms with van der Waals surface area (Å²) in [7, 11) is 3.65. The summed E-state index contributed by atoms with van der Waals surface area (Å²) < 4.78 is 0. The SMILES string of the molecule is CN(C)C(=O)C1(C)CN(C(C)(C)C)C1. The van der Waals surface area contributed by atoms with Crippen molar-refractivity contribution in [3.05, 3.63) is 0 Å². The molecule has 1 amide bonds. The summed E-state index contributed by atoms with van der Waals surface area (Å²) in [6.07, 6.45) is 0. The molecule has 1 aliphatic heterocycles. The number of hydrogen-bond donors (Lipinski definition) is 0. The fourth-order valence-electron chi connectivity index (χ4n) is 1.95. The van der Waals surface area contributed by atoms with E-state index in [0.717, 1.165) is 13.1 Å². The molecule has 0 aromatic carbocycles. The standard InChI is InChI=1S/C11H22N2O/c1-10(2,3)13-7-11(4,8-13)9(14)12(5)6/h7-8H2,1-6H3. The Morgan fingerprint density at radius 3 is 2.00 bits per heavy atom. The lowest BCUT2D eigenvalue weighted by Crippen LogP contribution is -2.66. The molecule has 0 aromatic rings. The van der Waals surface area contributed by atoms with Gasteiger partial charge in [0.15, 0.2) is 0 Å². The molecule has 0 atom stereocenters. The molecular formula is C11H22N2O. The van der Waals surface area contributed by atoms with Gasteiger partial charge in [-0.25, -0.2) is 0 Å². The highest BCUT2D eigenvalue weighted by Crippen LogP contribution is 2.36. The van der Waals surface area contributed by atoms with E-state index in [1.165, 1.54) is 0 Å². The van der Waals surface area contributed by atoms with E-state index in [9.17, 15) is 4.79 Å². The first-order valence-electron chi connectivity index (χ1n) is 5.14. The van der Waals surface area contributed by atoms with E-state index in [0.29, 0.717) is 0 Å². The van der Waals surface area contributed by atoms with Crippen molar-refractivity contribution in [1.82, 2.24) is 9.80 Å². The molecule has 0 bridgehead atoms. The van der Waals surface area contributed by atoms with Crippen molar-refractivity contribution in [3.63, 3.8) is 0 Å². The highest BCUT2D eigenvalue weighted by molar-refractivity contribution is 5.83.